The van der Waals surface area contributed by atoms with Crippen LogP contribution in [0.5, 0.6) is 0 Å². The molecule has 0 bridgehead atoms. The molecule has 0 fully saturated rings. The van der Waals surface area contributed by atoms with E-state index in [2.05, 4.69) is 0 Å². The normalized spacial score (nSPS) is 14.7. The van der Waals surface area contributed by atoms with E-state index >= 15 is 0 Å². The minimum Gasteiger partial charge on any atom is -0.301 e. The van der Waals surface area contributed by atoms with Gasteiger partial charge in [-0.15, -0.1) is 0 Å². The fourth-order valence-electron chi connectivity index (χ4n) is 0.902. The molecule has 0 saturated carbocycles. The van der Waals surface area contributed by atoms with Crippen molar-refractivity contribution in [1.82, 2.24) is 4.90 Å². The molecule has 0 aliphatic carbocycles. The molecular formula is C7H2F9NO3. The topological polar surface area (TPSA) is 54.5 Å². The van der Waals surface area contributed by atoms with Crippen LogP contribution in [0.3, 0.4) is 0 Å². The van der Waals surface area contributed by atoms with Crippen molar-refractivity contribution in [3.05, 3.63) is 0 Å². The highest BCUT2D eigenvalue weighted by atomic mass is 19.4. The summed E-state index contributed by atoms with van der Waals surface area (Å²) in [5, 5.41) is 0. The largest absolute Gasteiger partial charge is 0.471 e. The van der Waals surface area contributed by atoms with Crippen LogP contribution in [0.1, 0.15) is 0 Å². The number of hydrogen-bond acceptors (Lipinski definition) is 3. The van der Waals surface area contributed by atoms with E-state index in [1.807, 2.05) is 0 Å². The number of hydrogen-bond donors (Lipinski definition) is 0. The van der Waals surface area contributed by atoms with Gasteiger partial charge in [0.05, 0.1) is 0 Å². The van der Waals surface area contributed by atoms with Gasteiger partial charge in [0.15, 0.2) is 12.3 Å². The van der Waals surface area contributed by atoms with Gasteiger partial charge in [-0.25, -0.2) is 4.90 Å². The molecule has 0 radical (unpaired) electrons. The minimum absolute atomic E-state index is 1.42. The molecule has 0 N–H and O–H groups in total. The average Bonchev–Trinajstić information content (AvgIpc) is 2.19. The maximum Gasteiger partial charge on any atom is 0.471 e. The predicted octanol–water partition coefficient (Wildman–Crippen LogP) is 1.60. The first-order valence-corrected chi connectivity index (χ1v) is 4.17. The van der Waals surface area contributed by atoms with Gasteiger partial charge in [-0.2, -0.15) is 39.5 Å². The minimum atomic E-state index is -6.21. The highest BCUT2D eigenvalue weighted by molar-refractivity contribution is 6.02. The zero-order valence-electron chi connectivity index (χ0n) is 8.73. The Morgan fingerprint density at radius 2 is 1.10 bits per heavy atom. The SMILES string of the molecule is O=C[C@@H](N(C(=O)C(F)(F)F)C(=O)C(F)(F)F)C(F)(F)F. The number of imide groups is 1. The average molecular weight is 319 g/mol. The molecule has 0 aliphatic rings. The van der Waals surface area contributed by atoms with Crippen molar-refractivity contribution in [1.29, 1.82) is 0 Å². The Bertz CT molecular complexity index is 381. The van der Waals surface area contributed by atoms with Crippen LogP contribution in [0.4, 0.5) is 39.5 Å². The first-order valence-electron chi connectivity index (χ1n) is 4.17. The third-order valence-corrected chi connectivity index (χ3v) is 1.67. The lowest BCUT2D eigenvalue weighted by Gasteiger charge is -2.28. The first-order chi connectivity index (χ1) is 8.64. The van der Waals surface area contributed by atoms with E-state index in [0.717, 1.165) is 0 Å². The van der Waals surface area contributed by atoms with Crippen molar-refractivity contribution in [2.45, 2.75) is 24.6 Å². The molecule has 0 saturated heterocycles. The van der Waals surface area contributed by atoms with E-state index in [0.29, 0.717) is 0 Å². The van der Waals surface area contributed by atoms with Crippen LogP contribution >= 0.6 is 0 Å². The first kappa shape index (κ1) is 18.2. The lowest BCUT2D eigenvalue weighted by Crippen LogP contribution is -2.59. The Kier molecular flexibility index (Phi) is 4.80. The van der Waals surface area contributed by atoms with Crippen LogP contribution in [-0.4, -0.2) is 47.6 Å². The monoisotopic (exact) mass is 319 g/mol. The highest BCUT2D eigenvalue weighted by Gasteiger charge is 2.59. The zero-order chi connectivity index (χ0) is 16.5. The summed E-state index contributed by atoms with van der Waals surface area (Å²) in [6.45, 7) is 0. The van der Waals surface area contributed by atoms with Crippen LogP contribution in [0.25, 0.3) is 0 Å². The van der Waals surface area contributed by atoms with E-state index in [-0.39, 0.29) is 0 Å². The molecule has 13 heteroatoms. The molecule has 0 aromatic rings. The smallest absolute Gasteiger partial charge is 0.301 e. The quantitative estimate of drug-likeness (QED) is 0.574. The van der Waals surface area contributed by atoms with Gasteiger partial charge in [0.1, 0.15) is 0 Å². The van der Waals surface area contributed by atoms with Crippen LogP contribution < -0.4 is 0 Å². The maximum absolute atomic E-state index is 12.2. The van der Waals surface area contributed by atoms with Crippen LogP contribution in [0, 0.1) is 0 Å². The predicted molar refractivity (Wildman–Crippen MR) is 39.9 cm³/mol. The molecule has 1 atom stereocenters. The molecule has 2 amide bonds. The van der Waals surface area contributed by atoms with Gasteiger partial charge in [-0.05, 0) is 0 Å². The summed E-state index contributed by atoms with van der Waals surface area (Å²) >= 11 is 0. The number of carbonyl (C=O) groups excluding carboxylic acids is 3. The number of halogens is 9. The lowest BCUT2D eigenvalue weighted by atomic mass is 10.2. The van der Waals surface area contributed by atoms with Crippen molar-refractivity contribution in [3.8, 4) is 0 Å². The zero-order valence-corrected chi connectivity index (χ0v) is 8.73. The molecule has 0 spiro atoms. The van der Waals surface area contributed by atoms with Crippen molar-refractivity contribution >= 4 is 18.1 Å². The van der Waals surface area contributed by atoms with Gasteiger partial charge in [0, 0.05) is 0 Å². The lowest BCUT2D eigenvalue weighted by molar-refractivity contribution is -0.226. The molecular weight excluding hydrogens is 317 g/mol. The molecule has 0 aromatic carbocycles. The summed E-state index contributed by atoms with van der Waals surface area (Å²) in [6, 6.07) is -4.20. The fraction of sp³-hybridized carbons (Fsp3) is 0.571. The van der Waals surface area contributed by atoms with Crippen molar-refractivity contribution in [2.75, 3.05) is 0 Å². The van der Waals surface area contributed by atoms with Crippen LogP contribution in [0.15, 0.2) is 0 Å². The van der Waals surface area contributed by atoms with E-state index in [9.17, 15) is 53.9 Å². The second-order valence-corrected chi connectivity index (χ2v) is 3.10. The summed E-state index contributed by atoms with van der Waals surface area (Å²) in [5.74, 6) is -7.51. The summed E-state index contributed by atoms with van der Waals surface area (Å²) in [4.78, 5) is 28.9. The Morgan fingerprint density at radius 1 is 0.800 bits per heavy atom. The second kappa shape index (κ2) is 5.28. The Morgan fingerprint density at radius 3 is 1.25 bits per heavy atom. The molecule has 0 unspecified atom stereocenters. The molecule has 116 valence electrons. The number of rotatable bonds is 2. The highest BCUT2D eigenvalue weighted by Crippen LogP contribution is 2.31. The fourth-order valence-corrected chi connectivity index (χ4v) is 0.902. The van der Waals surface area contributed by atoms with Gasteiger partial charge in [-0.3, -0.25) is 9.59 Å². The summed E-state index contributed by atoms with van der Waals surface area (Å²) in [5.41, 5.74) is 0. The van der Waals surface area contributed by atoms with Crippen molar-refractivity contribution in [2.24, 2.45) is 0 Å². The van der Waals surface area contributed by atoms with Gasteiger partial charge in [0.2, 0.25) is 0 Å². The van der Waals surface area contributed by atoms with Gasteiger partial charge < -0.3 is 4.79 Å². The molecule has 4 nitrogen and oxygen atoms in total. The standard InChI is InChI=1S/C7H2F9NO3/c8-5(9,10)2(1-18)17(3(19)6(11,12)13)4(20)7(14,15)16/h1-2H/t2-/m1/s1. The number of aldehydes is 1. The summed E-state index contributed by atoms with van der Waals surface area (Å²) < 4.78 is 108. The number of alkyl halides is 9. The molecule has 0 heterocycles. The van der Waals surface area contributed by atoms with Gasteiger partial charge >= 0.3 is 30.3 Å². The van der Waals surface area contributed by atoms with Crippen molar-refractivity contribution < 1.29 is 53.9 Å². The van der Waals surface area contributed by atoms with Crippen LogP contribution in [0.2, 0.25) is 0 Å². The molecule has 0 rings (SSSR count). The van der Waals surface area contributed by atoms with Gasteiger partial charge in [0.25, 0.3) is 0 Å². The van der Waals surface area contributed by atoms with Crippen molar-refractivity contribution in [3.63, 3.8) is 0 Å². The third-order valence-electron chi connectivity index (χ3n) is 1.67. The van der Waals surface area contributed by atoms with E-state index in [1.54, 1.807) is 0 Å². The Hall–Kier alpha value is -1.82. The summed E-state index contributed by atoms with van der Waals surface area (Å²) in [6.07, 6.45) is -19.8. The maximum atomic E-state index is 12.2. The van der Waals surface area contributed by atoms with Crippen LogP contribution in [-0.2, 0) is 14.4 Å². The third kappa shape index (κ3) is 4.09. The number of carbonyl (C=O) groups is 3. The number of amides is 2. The molecule has 0 aliphatic heterocycles. The molecule has 0 aromatic heterocycles. The number of nitrogens with zero attached hydrogens (tertiary/aromatic N) is 1. The van der Waals surface area contributed by atoms with E-state index in [1.165, 1.54) is 0 Å². The Balaban J connectivity index is 5.91. The molecule has 20 heavy (non-hydrogen) atoms. The summed E-state index contributed by atoms with van der Waals surface area (Å²) in [7, 11) is 0. The van der Waals surface area contributed by atoms with E-state index < -0.39 is 47.6 Å². The second-order valence-electron chi connectivity index (χ2n) is 3.10. The Labute approximate surface area is 103 Å². The van der Waals surface area contributed by atoms with Gasteiger partial charge in [-0.1, -0.05) is 0 Å². The van der Waals surface area contributed by atoms with E-state index in [4.69, 9.17) is 0 Å².